The maximum absolute atomic E-state index is 8.93. The first-order valence-corrected chi connectivity index (χ1v) is 17.6. The van der Waals surface area contributed by atoms with Crippen molar-refractivity contribution in [2.45, 2.75) is 12.6 Å². The summed E-state index contributed by atoms with van der Waals surface area (Å²) < 4.78 is 46.7. The molecule has 2 N–H and O–H groups in total. The Morgan fingerprint density at radius 3 is 1.54 bits per heavy atom. The van der Waals surface area contributed by atoms with E-state index >= 15 is 0 Å². The summed E-state index contributed by atoms with van der Waals surface area (Å²) in [5.41, 5.74) is 6.00. The molecule has 0 bridgehead atoms. The van der Waals surface area contributed by atoms with Gasteiger partial charge in [-0.2, -0.15) is 10.2 Å². The molecular formula is C38H46BIN4O10. The molecule has 0 atom stereocenters. The molecule has 0 aliphatic carbocycles. The van der Waals surface area contributed by atoms with Crippen LogP contribution in [-0.4, -0.2) is 93.6 Å². The Bertz CT molecular complexity index is 2130. The Hall–Kier alpha value is -4.43. The van der Waals surface area contributed by atoms with Crippen LogP contribution < -0.4 is 24.4 Å². The van der Waals surface area contributed by atoms with Gasteiger partial charge in [0.25, 0.3) is 0 Å². The van der Waals surface area contributed by atoms with Crippen molar-refractivity contribution >= 4 is 57.0 Å². The molecule has 14 nitrogen and oxygen atoms in total. The van der Waals surface area contributed by atoms with Crippen molar-refractivity contribution in [3.05, 3.63) is 87.8 Å². The topological polar surface area (TPSA) is 150 Å². The van der Waals surface area contributed by atoms with E-state index in [1.54, 1.807) is 60.9 Å². The average molecular weight is 857 g/mol. The van der Waals surface area contributed by atoms with Crippen molar-refractivity contribution in [1.29, 1.82) is 0 Å². The molecule has 0 unspecified atom stereocenters. The van der Waals surface area contributed by atoms with Gasteiger partial charge in [-0.1, -0.05) is 18.2 Å². The van der Waals surface area contributed by atoms with Crippen LogP contribution in [0.25, 0.3) is 32.9 Å². The highest BCUT2D eigenvalue weighted by Crippen LogP contribution is 2.36. The largest absolute Gasteiger partial charge is 0.497 e. The van der Waals surface area contributed by atoms with Crippen LogP contribution in [0.2, 0.25) is 0 Å². The number of aryl methyl sites for hydroxylation is 2. The lowest BCUT2D eigenvalue weighted by Crippen LogP contribution is -2.31. The Kier molecular flexibility index (Phi) is 15.5. The molecule has 0 aliphatic rings. The van der Waals surface area contributed by atoms with Crippen LogP contribution in [0.3, 0.4) is 0 Å². The van der Waals surface area contributed by atoms with Crippen molar-refractivity contribution in [3.63, 3.8) is 0 Å². The van der Waals surface area contributed by atoms with E-state index in [0.717, 1.165) is 55.8 Å². The molecule has 0 fully saturated rings. The molecule has 0 aliphatic heterocycles. The Morgan fingerprint density at radius 1 is 0.574 bits per heavy atom. The number of hydrogen-bond donors (Lipinski definition) is 2. The fraction of sp³-hybridized carbons (Fsp3) is 0.316. The molecule has 54 heavy (non-hydrogen) atoms. The number of halogens is 1. The highest BCUT2D eigenvalue weighted by Gasteiger charge is 2.20. The SMILES string of the molecule is COC(OC)c1nn(C)c2cc(I)ccc12.COc1ccc(-c2ccc3c(C(OC)OC)nn(C)c3c2)c(OC)c1.COc1ccc(B(O)O)c(OC)c1. The van der Waals surface area contributed by atoms with E-state index in [-0.39, 0.29) is 0 Å². The van der Waals surface area contributed by atoms with Crippen molar-refractivity contribution in [1.82, 2.24) is 19.6 Å². The molecule has 0 spiro atoms. The molecular weight excluding hydrogens is 810 g/mol. The third-order valence-electron chi connectivity index (χ3n) is 8.46. The number of ether oxygens (including phenoxy) is 8. The highest BCUT2D eigenvalue weighted by atomic mass is 127. The van der Waals surface area contributed by atoms with Gasteiger partial charge in [-0.25, -0.2) is 0 Å². The highest BCUT2D eigenvalue weighted by molar-refractivity contribution is 14.1. The second-order valence-electron chi connectivity index (χ2n) is 11.6. The van der Waals surface area contributed by atoms with Crippen LogP contribution in [-0.2, 0) is 33.0 Å². The van der Waals surface area contributed by atoms with E-state index in [9.17, 15) is 0 Å². The van der Waals surface area contributed by atoms with Gasteiger partial charge in [-0.15, -0.1) is 0 Å². The van der Waals surface area contributed by atoms with E-state index in [1.807, 2.05) is 59.9 Å². The Morgan fingerprint density at radius 2 is 1.06 bits per heavy atom. The van der Waals surface area contributed by atoms with Crippen molar-refractivity contribution in [3.8, 4) is 34.1 Å². The summed E-state index contributed by atoms with van der Waals surface area (Å²) in [5, 5.41) is 28.9. The van der Waals surface area contributed by atoms with Gasteiger partial charge in [0, 0.05) is 80.0 Å². The maximum Gasteiger partial charge on any atom is 0.492 e. The van der Waals surface area contributed by atoms with Gasteiger partial charge in [0.1, 0.15) is 34.4 Å². The molecule has 4 aromatic carbocycles. The summed E-state index contributed by atoms with van der Waals surface area (Å²) in [5.74, 6) is 2.52. The summed E-state index contributed by atoms with van der Waals surface area (Å²) in [7, 11) is 15.0. The third-order valence-corrected chi connectivity index (χ3v) is 9.13. The van der Waals surface area contributed by atoms with Crippen molar-refractivity contribution in [2.75, 3.05) is 56.9 Å². The zero-order valence-corrected chi connectivity index (χ0v) is 34.1. The third kappa shape index (κ3) is 9.62. The van der Waals surface area contributed by atoms with Gasteiger partial charge in [0.05, 0.1) is 39.5 Å². The summed E-state index contributed by atoms with van der Waals surface area (Å²) in [4.78, 5) is 0. The number of nitrogens with zero attached hydrogens (tertiary/aromatic N) is 4. The first-order chi connectivity index (χ1) is 26.0. The smallest absolute Gasteiger partial charge is 0.492 e. The lowest BCUT2D eigenvalue weighted by Gasteiger charge is -2.12. The zero-order chi connectivity index (χ0) is 39.5. The van der Waals surface area contributed by atoms with Crippen LogP contribution in [0.4, 0.5) is 0 Å². The molecule has 288 valence electrons. The molecule has 0 saturated heterocycles. The minimum Gasteiger partial charge on any atom is -0.497 e. The van der Waals surface area contributed by atoms with E-state index in [4.69, 9.17) is 47.9 Å². The van der Waals surface area contributed by atoms with Crippen molar-refractivity contribution < 1.29 is 47.9 Å². The predicted molar refractivity (Wildman–Crippen MR) is 216 cm³/mol. The fourth-order valence-corrected chi connectivity index (χ4v) is 6.24. The van der Waals surface area contributed by atoms with Gasteiger partial charge in [-0.3, -0.25) is 9.36 Å². The number of rotatable bonds is 12. The summed E-state index contributed by atoms with van der Waals surface area (Å²) in [6, 6.07) is 22.9. The molecule has 2 heterocycles. The van der Waals surface area contributed by atoms with Crippen LogP contribution >= 0.6 is 22.6 Å². The van der Waals surface area contributed by atoms with Crippen LogP contribution in [0, 0.1) is 3.57 Å². The second kappa shape index (κ2) is 19.8. The van der Waals surface area contributed by atoms with E-state index < -0.39 is 19.7 Å². The second-order valence-corrected chi connectivity index (χ2v) is 12.8. The molecule has 0 saturated carbocycles. The lowest BCUT2D eigenvalue weighted by molar-refractivity contribution is -0.108. The van der Waals surface area contributed by atoms with Gasteiger partial charge >= 0.3 is 7.12 Å². The molecule has 0 amide bonds. The van der Waals surface area contributed by atoms with E-state index in [0.29, 0.717) is 17.0 Å². The zero-order valence-electron chi connectivity index (χ0n) is 32.0. The number of methoxy groups -OCH3 is 8. The Labute approximate surface area is 328 Å². The molecule has 2 aromatic heterocycles. The maximum atomic E-state index is 8.93. The number of fused-ring (bicyclic) bond motifs is 2. The monoisotopic (exact) mass is 856 g/mol. The number of hydrogen-bond acceptors (Lipinski definition) is 12. The fourth-order valence-electron chi connectivity index (χ4n) is 5.77. The van der Waals surface area contributed by atoms with Gasteiger partial charge in [-0.05, 0) is 70.6 Å². The first-order valence-electron chi connectivity index (χ1n) is 16.5. The lowest BCUT2D eigenvalue weighted by atomic mass is 9.79. The Balaban J connectivity index is 0.000000193. The first kappa shape index (κ1) is 42.3. The van der Waals surface area contributed by atoms with E-state index in [1.165, 1.54) is 17.8 Å². The number of benzene rings is 4. The van der Waals surface area contributed by atoms with Crippen LogP contribution in [0.5, 0.6) is 23.0 Å². The molecule has 6 rings (SSSR count). The van der Waals surface area contributed by atoms with Crippen LogP contribution in [0.15, 0.2) is 72.8 Å². The normalized spacial score (nSPS) is 10.9. The molecule has 16 heteroatoms. The van der Waals surface area contributed by atoms with Gasteiger partial charge in [0.2, 0.25) is 12.6 Å². The van der Waals surface area contributed by atoms with Gasteiger partial charge in [0.15, 0.2) is 0 Å². The molecule has 0 radical (unpaired) electrons. The van der Waals surface area contributed by atoms with Gasteiger partial charge < -0.3 is 47.9 Å². The average Bonchev–Trinajstić information content (AvgIpc) is 3.70. The van der Waals surface area contributed by atoms with Crippen molar-refractivity contribution in [2.24, 2.45) is 14.1 Å². The summed E-state index contributed by atoms with van der Waals surface area (Å²) in [6.45, 7) is 0. The minimum absolute atomic E-state index is 0.323. The van der Waals surface area contributed by atoms with E-state index in [2.05, 4.69) is 51.0 Å². The minimum atomic E-state index is -1.53. The summed E-state index contributed by atoms with van der Waals surface area (Å²) in [6.07, 6.45) is -0.908. The number of aromatic nitrogens is 4. The summed E-state index contributed by atoms with van der Waals surface area (Å²) >= 11 is 2.29. The van der Waals surface area contributed by atoms with Crippen LogP contribution in [0.1, 0.15) is 24.0 Å². The quantitative estimate of drug-likeness (QED) is 0.0922. The molecule has 6 aromatic rings. The predicted octanol–water partition coefficient (Wildman–Crippen LogP) is 5.40. The standard InChI is InChI=1S/C19H22N2O4.C11H13IN2O2.C8H11BO4/c1-21-16-10-12(14-9-7-13(22-2)11-17(14)23-3)6-8-15(16)18(20-21)19(24-4)25-5;1-14-9-6-7(12)4-5-8(9)10(13-14)11(15-2)16-3;1-12-6-3-4-7(9(10)11)8(5-6)13-2/h6-11,19H,1-5H3;4-6,11H,1-3H3;3-5,10-11H,1-2H3.